The van der Waals surface area contributed by atoms with Gasteiger partial charge in [-0.25, -0.2) is 4.39 Å². The molecule has 3 nitrogen and oxygen atoms in total. The summed E-state index contributed by atoms with van der Waals surface area (Å²) in [5.74, 6) is -0.303. The largest absolute Gasteiger partial charge is 0.377 e. The van der Waals surface area contributed by atoms with Gasteiger partial charge in [-0.2, -0.15) is 5.10 Å². The lowest BCUT2D eigenvalue weighted by Gasteiger charge is -2.09. The predicted octanol–water partition coefficient (Wildman–Crippen LogP) is 3.87. The zero-order valence-electron chi connectivity index (χ0n) is 11.1. The molecule has 0 fully saturated rings. The lowest BCUT2D eigenvalue weighted by molar-refractivity contribution is 0.614. The second-order valence-electron chi connectivity index (χ2n) is 4.27. The van der Waals surface area contributed by atoms with Crippen molar-refractivity contribution in [3.63, 3.8) is 0 Å². The Morgan fingerprint density at radius 3 is 2.79 bits per heavy atom. The zero-order valence-corrected chi connectivity index (χ0v) is 11.8. The number of halogens is 2. The van der Waals surface area contributed by atoms with E-state index in [1.807, 2.05) is 17.7 Å². The first-order valence-corrected chi connectivity index (χ1v) is 6.76. The number of benzene rings is 1. The van der Waals surface area contributed by atoms with Crippen LogP contribution in [0.25, 0.3) is 0 Å². The minimum atomic E-state index is -0.303. The van der Waals surface area contributed by atoms with Crippen molar-refractivity contribution >= 4 is 17.3 Å². The van der Waals surface area contributed by atoms with E-state index in [1.165, 1.54) is 12.1 Å². The average molecular weight is 282 g/mol. The maximum absolute atomic E-state index is 13.6. The third-order valence-corrected chi connectivity index (χ3v) is 3.20. The van der Waals surface area contributed by atoms with Gasteiger partial charge in [0.2, 0.25) is 0 Å². The highest BCUT2D eigenvalue weighted by Crippen LogP contribution is 2.20. The number of anilines is 1. The second kappa shape index (κ2) is 6.06. The molecule has 0 amide bonds. The Hall–Kier alpha value is -1.55. The van der Waals surface area contributed by atoms with Gasteiger partial charge < -0.3 is 5.32 Å². The lowest BCUT2D eigenvalue weighted by atomic mass is 10.2. The van der Waals surface area contributed by atoms with Crippen LogP contribution in [0.15, 0.2) is 24.3 Å². The average Bonchev–Trinajstić information content (AvgIpc) is 2.82. The maximum Gasteiger partial charge on any atom is 0.146 e. The fourth-order valence-electron chi connectivity index (χ4n) is 1.92. The van der Waals surface area contributed by atoms with Crippen LogP contribution in [-0.4, -0.2) is 9.78 Å². The van der Waals surface area contributed by atoms with Crippen LogP contribution in [-0.2, 0) is 19.5 Å². The number of aryl methyl sites for hydroxylation is 2. The highest BCUT2D eigenvalue weighted by molar-refractivity contribution is 6.30. The van der Waals surface area contributed by atoms with E-state index in [4.69, 9.17) is 11.6 Å². The van der Waals surface area contributed by atoms with Crippen LogP contribution in [0.4, 0.5) is 10.1 Å². The van der Waals surface area contributed by atoms with Crippen molar-refractivity contribution in [3.8, 4) is 0 Å². The minimum Gasteiger partial charge on any atom is -0.377 e. The Morgan fingerprint density at radius 1 is 1.32 bits per heavy atom. The fraction of sp³-hybridized carbons (Fsp3) is 0.357. The van der Waals surface area contributed by atoms with E-state index in [2.05, 4.69) is 17.3 Å². The van der Waals surface area contributed by atoms with Crippen LogP contribution in [0.5, 0.6) is 0 Å². The van der Waals surface area contributed by atoms with E-state index in [0.717, 1.165) is 24.4 Å². The summed E-state index contributed by atoms with van der Waals surface area (Å²) in [5.41, 5.74) is 2.50. The fourth-order valence-corrected chi connectivity index (χ4v) is 2.09. The summed E-state index contributed by atoms with van der Waals surface area (Å²) in [5, 5.41) is 8.03. The SMILES string of the molecule is CCc1cc(CNc2cc(Cl)ccc2F)n(CC)n1. The molecule has 1 aromatic heterocycles. The van der Waals surface area contributed by atoms with Gasteiger partial charge in [0.15, 0.2) is 0 Å². The van der Waals surface area contributed by atoms with E-state index < -0.39 is 0 Å². The molecule has 0 spiro atoms. The first-order valence-electron chi connectivity index (χ1n) is 6.38. The van der Waals surface area contributed by atoms with Crippen molar-refractivity contribution in [2.24, 2.45) is 0 Å². The van der Waals surface area contributed by atoms with Crippen LogP contribution >= 0.6 is 11.6 Å². The monoisotopic (exact) mass is 281 g/mol. The molecule has 0 bridgehead atoms. The quantitative estimate of drug-likeness (QED) is 0.902. The number of hydrogen-bond acceptors (Lipinski definition) is 2. The summed E-state index contributed by atoms with van der Waals surface area (Å²) in [6.45, 7) is 5.43. The summed E-state index contributed by atoms with van der Waals surface area (Å²) in [6.07, 6.45) is 0.894. The van der Waals surface area contributed by atoms with Crippen molar-refractivity contribution in [2.45, 2.75) is 33.4 Å². The molecule has 1 aromatic carbocycles. The van der Waals surface area contributed by atoms with Gasteiger partial charge in [0.1, 0.15) is 5.82 Å². The molecular weight excluding hydrogens is 265 g/mol. The molecule has 0 unspecified atom stereocenters. The molecule has 102 valence electrons. The Kier molecular flexibility index (Phi) is 4.43. The summed E-state index contributed by atoms with van der Waals surface area (Å²) >= 11 is 5.86. The van der Waals surface area contributed by atoms with Crippen LogP contribution < -0.4 is 5.32 Å². The summed E-state index contributed by atoms with van der Waals surface area (Å²) in [7, 11) is 0. The van der Waals surface area contributed by atoms with Gasteiger partial charge in [0.05, 0.1) is 23.6 Å². The summed E-state index contributed by atoms with van der Waals surface area (Å²) in [4.78, 5) is 0. The van der Waals surface area contributed by atoms with Crippen LogP contribution in [0.2, 0.25) is 5.02 Å². The minimum absolute atomic E-state index is 0.303. The van der Waals surface area contributed by atoms with E-state index in [9.17, 15) is 4.39 Å². The van der Waals surface area contributed by atoms with Gasteiger partial charge in [0.25, 0.3) is 0 Å². The van der Waals surface area contributed by atoms with Gasteiger partial charge in [-0.3, -0.25) is 4.68 Å². The van der Waals surface area contributed by atoms with Crippen molar-refractivity contribution in [1.29, 1.82) is 0 Å². The predicted molar refractivity (Wildman–Crippen MR) is 76.0 cm³/mol. The van der Waals surface area contributed by atoms with Crippen molar-refractivity contribution < 1.29 is 4.39 Å². The molecule has 0 radical (unpaired) electrons. The Labute approximate surface area is 117 Å². The molecule has 2 aromatic rings. The molecular formula is C14H17ClFN3. The van der Waals surface area contributed by atoms with E-state index in [1.54, 1.807) is 6.07 Å². The molecule has 1 N–H and O–H groups in total. The smallest absolute Gasteiger partial charge is 0.146 e. The van der Waals surface area contributed by atoms with Gasteiger partial charge >= 0.3 is 0 Å². The van der Waals surface area contributed by atoms with Crippen LogP contribution in [0.1, 0.15) is 25.2 Å². The third kappa shape index (κ3) is 3.26. The normalized spacial score (nSPS) is 10.7. The molecule has 0 atom stereocenters. The maximum atomic E-state index is 13.6. The second-order valence-corrected chi connectivity index (χ2v) is 4.71. The highest BCUT2D eigenvalue weighted by Gasteiger charge is 2.07. The van der Waals surface area contributed by atoms with Gasteiger partial charge in [-0.05, 0) is 37.6 Å². The van der Waals surface area contributed by atoms with Crippen LogP contribution in [0.3, 0.4) is 0 Å². The molecule has 19 heavy (non-hydrogen) atoms. The summed E-state index contributed by atoms with van der Waals surface area (Å²) in [6, 6.07) is 6.52. The molecule has 5 heteroatoms. The Balaban J connectivity index is 2.13. The zero-order chi connectivity index (χ0) is 13.8. The van der Waals surface area contributed by atoms with E-state index >= 15 is 0 Å². The van der Waals surface area contributed by atoms with Crippen molar-refractivity contribution in [1.82, 2.24) is 9.78 Å². The first-order chi connectivity index (χ1) is 9.13. The third-order valence-electron chi connectivity index (χ3n) is 2.96. The lowest BCUT2D eigenvalue weighted by Crippen LogP contribution is -2.08. The molecule has 0 saturated heterocycles. The van der Waals surface area contributed by atoms with Crippen molar-refractivity contribution in [2.75, 3.05) is 5.32 Å². The number of hydrogen-bond donors (Lipinski definition) is 1. The van der Waals surface area contributed by atoms with Crippen molar-refractivity contribution in [3.05, 3.63) is 46.5 Å². The van der Waals surface area contributed by atoms with Gasteiger partial charge in [-0.1, -0.05) is 18.5 Å². The molecule has 0 saturated carbocycles. The number of nitrogens with one attached hydrogen (secondary N) is 1. The topological polar surface area (TPSA) is 29.9 Å². The van der Waals surface area contributed by atoms with E-state index in [-0.39, 0.29) is 5.82 Å². The highest BCUT2D eigenvalue weighted by atomic mass is 35.5. The van der Waals surface area contributed by atoms with E-state index in [0.29, 0.717) is 17.3 Å². The molecule has 2 rings (SSSR count). The Morgan fingerprint density at radius 2 is 2.11 bits per heavy atom. The Bertz CT molecular complexity index is 566. The standard InChI is InChI=1S/C14H17ClFN3/c1-3-11-8-12(19(4-2)18-11)9-17-14-7-10(15)5-6-13(14)16/h5-8,17H,3-4,9H2,1-2H3. The molecule has 0 aliphatic heterocycles. The molecule has 0 aliphatic rings. The first kappa shape index (κ1) is 13.9. The van der Waals surface area contributed by atoms with Crippen LogP contribution in [0, 0.1) is 5.82 Å². The van der Waals surface area contributed by atoms with Gasteiger partial charge in [0, 0.05) is 11.6 Å². The molecule has 1 heterocycles. The number of nitrogens with zero attached hydrogens (tertiary/aromatic N) is 2. The van der Waals surface area contributed by atoms with Gasteiger partial charge in [-0.15, -0.1) is 0 Å². The number of aromatic nitrogens is 2. The number of rotatable bonds is 5. The molecule has 0 aliphatic carbocycles. The summed E-state index contributed by atoms with van der Waals surface area (Å²) < 4.78 is 15.5.